The van der Waals surface area contributed by atoms with E-state index in [1.54, 1.807) is 0 Å². The zero-order chi connectivity index (χ0) is 13.5. The Labute approximate surface area is 116 Å². The van der Waals surface area contributed by atoms with E-state index in [1.165, 1.54) is 5.56 Å². The van der Waals surface area contributed by atoms with Crippen molar-refractivity contribution >= 4 is 10.9 Å². The molecule has 2 atom stereocenters. The van der Waals surface area contributed by atoms with Crippen molar-refractivity contribution in [1.29, 1.82) is 0 Å². The molecule has 0 saturated heterocycles. The Hall–Kier alpha value is -2.42. The van der Waals surface area contributed by atoms with Crippen LogP contribution in [0.3, 0.4) is 0 Å². The number of fused-ring (bicyclic) bond motifs is 1. The minimum Gasteiger partial charge on any atom is -0.310 e. The van der Waals surface area contributed by atoms with Gasteiger partial charge in [0.25, 0.3) is 5.56 Å². The van der Waals surface area contributed by atoms with Crippen LogP contribution in [0.5, 0.6) is 0 Å². The number of aromatic nitrogens is 2. The first-order valence-electron chi connectivity index (χ1n) is 6.87. The Bertz CT molecular complexity index is 823. The molecule has 3 aromatic rings. The molecular weight excluding hydrogens is 248 g/mol. The van der Waals surface area contributed by atoms with E-state index in [2.05, 4.69) is 34.2 Å². The zero-order valence-electron chi connectivity index (χ0n) is 10.9. The molecule has 1 saturated carbocycles. The van der Waals surface area contributed by atoms with Crippen LogP contribution in [-0.2, 0) is 0 Å². The summed E-state index contributed by atoms with van der Waals surface area (Å²) in [5, 5.41) is 0.660. The van der Waals surface area contributed by atoms with Gasteiger partial charge >= 0.3 is 0 Å². The minimum atomic E-state index is -0.0377. The fourth-order valence-corrected chi connectivity index (χ4v) is 2.85. The van der Waals surface area contributed by atoms with Crippen LogP contribution in [0, 0.1) is 0 Å². The third-order valence-electron chi connectivity index (χ3n) is 4.00. The van der Waals surface area contributed by atoms with Gasteiger partial charge in [-0.3, -0.25) is 4.79 Å². The lowest BCUT2D eigenvalue weighted by Crippen LogP contribution is -2.11. The van der Waals surface area contributed by atoms with Gasteiger partial charge in [0, 0.05) is 5.92 Å². The Morgan fingerprint density at radius 2 is 1.70 bits per heavy atom. The highest BCUT2D eigenvalue weighted by Gasteiger charge is 2.41. The highest BCUT2D eigenvalue weighted by molar-refractivity contribution is 5.77. The van der Waals surface area contributed by atoms with Crippen molar-refractivity contribution in [1.82, 2.24) is 9.97 Å². The molecule has 2 aromatic carbocycles. The molecule has 0 bridgehead atoms. The van der Waals surface area contributed by atoms with Crippen molar-refractivity contribution in [2.75, 3.05) is 0 Å². The number of para-hydroxylation sites is 1. The summed E-state index contributed by atoms with van der Waals surface area (Å²) in [4.78, 5) is 19.6. The van der Waals surface area contributed by atoms with Gasteiger partial charge in [0.1, 0.15) is 5.82 Å². The monoisotopic (exact) mass is 262 g/mol. The molecule has 4 rings (SSSR count). The highest BCUT2D eigenvalue weighted by atomic mass is 16.1. The summed E-state index contributed by atoms with van der Waals surface area (Å²) in [6, 6.07) is 17.9. The van der Waals surface area contributed by atoms with E-state index in [0.717, 1.165) is 17.8 Å². The van der Waals surface area contributed by atoms with E-state index < -0.39 is 0 Å². The number of nitrogens with zero attached hydrogens (tertiary/aromatic N) is 1. The number of benzene rings is 2. The lowest BCUT2D eigenvalue weighted by Gasteiger charge is -2.03. The van der Waals surface area contributed by atoms with E-state index in [0.29, 0.717) is 17.2 Å². The van der Waals surface area contributed by atoms with Crippen molar-refractivity contribution in [2.24, 2.45) is 0 Å². The summed E-state index contributed by atoms with van der Waals surface area (Å²) in [6.45, 7) is 0. The third-order valence-corrected chi connectivity index (χ3v) is 4.00. The molecule has 0 radical (unpaired) electrons. The first-order chi connectivity index (χ1) is 9.83. The Kier molecular flexibility index (Phi) is 2.46. The lowest BCUT2D eigenvalue weighted by molar-refractivity contribution is 0.898. The van der Waals surface area contributed by atoms with Gasteiger partial charge in [0.2, 0.25) is 0 Å². The van der Waals surface area contributed by atoms with Gasteiger partial charge in [-0.15, -0.1) is 0 Å². The first kappa shape index (κ1) is 11.4. The molecular formula is C17H14N2O. The minimum absolute atomic E-state index is 0.0377. The van der Waals surface area contributed by atoms with E-state index in [9.17, 15) is 4.79 Å². The van der Waals surface area contributed by atoms with Gasteiger partial charge in [-0.2, -0.15) is 0 Å². The molecule has 0 aliphatic heterocycles. The van der Waals surface area contributed by atoms with E-state index >= 15 is 0 Å². The summed E-state index contributed by atoms with van der Waals surface area (Å²) in [7, 11) is 0. The number of rotatable bonds is 2. The van der Waals surface area contributed by atoms with Gasteiger partial charge in [-0.25, -0.2) is 4.98 Å². The van der Waals surface area contributed by atoms with E-state index in [-0.39, 0.29) is 5.56 Å². The smallest absolute Gasteiger partial charge is 0.258 e. The maximum Gasteiger partial charge on any atom is 0.258 e. The van der Waals surface area contributed by atoms with Crippen LogP contribution in [0.1, 0.15) is 29.6 Å². The number of nitrogens with one attached hydrogen (secondary N) is 1. The van der Waals surface area contributed by atoms with E-state index in [1.807, 2.05) is 30.3 Å². The Morgan fingerprint density at radius 3 is 2.55 bits per heavy atom. The van der Waals surface area contributed by atoms with Crippen LogP contribution < -0.4 is 5.56 Å². The highest BCUT2D eigenvalue weighted by Crippen LogP contribution is 2.53. The van der Waals surface area contributed by atoms with Crippen LogP contribution in [0.4, 0.5) is 0 Å². The maximum absolute atomic E-state index is 12.1. The van der Waals surface area contributed by atoms with Gasteiger partial charge in [-0.05, 0) is 30.0 Å². The largest absolute Gasteiger partial charge is 0.310 e. The summed E-state index contributed by atoms with van der Waals surface area (Å²) in [5.74, 6) is 1.65. The normalized spacial score (nSPS) is 21.0. The summed E-state index contributed by atoms with van der Waals surface area (Å²) < 4.78 is 0. The Balaban J connectivity index is 1.73. The molecule has 3 heteroatoms. The number of hydrogen-bond donors (Lipinski definition) is 1. The molecule has 1 heterocycles. The second kappa shape index (κ2) is 4.30. The van der Waals surface area contributed by atoms with Crippen LogP contribution >= 0.6 is 0 Å². The average molecular weight is 262 g/mol. The SMILES string of the molecule is O=c1[nH]c(C2CC2c2ccccc2)nc2ccccc12. The molecule has 0 spiro atoms. The second-order valence-corrected chi connectivity index (χ2v) is 5.33. The van der Waals surface area contributed by atoms with Crippen molar-refractivity contribution < 1.29 is 0 Å². The molecule has 1 N–H and O–H groups in total. The second-order valence-electron chi connectivity index (χ2n) is 5.33. The van der Waals surface area contributed by atoms with Crippen molar-refractivity contribution in [3.8, 4) is 0 Å². The van der Waals surface area contributed by atoms with Gasteiger partial charge < -0.3 is 4.98 Å². The van der Waals surface area contributed by atoms with Crippen LogP contribution in [0.15, 0.2) is 59.4 Å². The average Bonchev–Trinajstić information content (AvgIpc) is 3.29. The molecule has 1 aromatic heterocycles. The molecule has 20 heavy (non-hydrogen) atoms. The predicted octanol–water partition coefficient (Wildman–Crippen LogP) is 3.19. The Morgan fingerprint density at radius 1 is 0.950 bits per heavy atom. The van der Waals surface area contributed by atoms with Gasteiger partial charge in [0.05, 0.1) is 10.9 Å². The number of H-pyrrole nitrogens is 1. The first-order valence-corrected chi connectivity index (χ1v) is 6.87. The van der Waals surface area contributed by atoms with Crippen LogP contribution in [0.2, 0.25) is 0 Å². The third kappa shape index (κ3) is 1.83. The molecule has 0 amide bonds. The van der Waals surface area contributed by atoms with Crippen molar-refractivity contribution in [2.45, 2.75) is 18.3 Å². The predicted molar refractivity (Wildman–Crippen MR) is 78.9 cm³/mol. The molecule has 3 nitrogen and oxygen atoms in total. The van der Waals surface area contributed by atoms with Crippen molar-refractivity contribution in [3.63, 3.8) is 0 Å². The van der Waals surface area contributed by atoms with Crippen LogP contribution in [-0.4, -0.2) is 9.97 Å². The maximum atomic E-state index is 12.1. The number of hydrogen-bond acceptors (Lipinski definition) is 2. The summed E-state index contributed by atoms with van der Waals surface area (Å²) in [6.07, 6.45) is 1.06. The van der Waals surface area contributed by atoms with E-state index in [4.69, 9.17) is 0 Å². The van der Waals surface area contributed by atoms with Gasteiger partial charge in [0.15, 0.2) is 0 Å². The van der Waals surface area contributed by atoms with Crippen LogP contribution in [0.25, 0.3) is 10.9 Å². The molecule has 98 valence electrons. The van der Waals surface area contributed by atoms with Gasteiger partial charge in [-0.1, -0.05) is 42.5 Å². The fourth-order valence-electron chi connectivity index (χ4n) is 2.85. The fraction of sp³-hybridized carbons (Fsp3) is 0.176. The lowest BCUT2D eigenvalue weighted by atomic mass is 10.1. The quantitative estimate of drug-likeness (QED) is 0.771. The number of aromatic amines is 1. The standard InChI is InChI=1S/C17H14N2O/c20-17-12-8-4-5-9-15(12)18-16(19-17)14-10-13(14)11-6-2-1-3-7-11/h1-9,13-14H,10H2,(H,18,19,20). The summed E-state index contributed by atoms with van der Waals surface area (Å²) >= 11 is 0. The molecule has 1 fully saturated rings. The topological polar surface area (TPSA) is 45.8 Å². The molecule has 2 unspecified atom stereocenters. The molecule has 1 aliphatic carbocycles. The molecule has 1 aliphatic rings. The van der Waals surface area contributed by atoms with Crippen molar-refractivity contribution in [3.05, 3.63) is 76.3 Å². The summed E-state index contributed by atoms with van der Waals surface area (Å²) in [5.41, 5.74) is 2.07. The zero-order valence-corrected chi connectivity index (χ0v) is 10.9.